The van der Waals surface area contributed by atoms with Crippen LogP contribution >= 0.6 is 0 Å². The molecule has 0 unspecified atom stereocenters. The summed E-state index contributed by atoms with van der Waals surface area (Å²) in [5.41, 5.74) is 5.25. The first-order valence-corrected chi connectivity index (χ1v) is 9.90. The first-order valence-electron chi connectivity index (χ1n) is 9.90. The van der Waals surface area contributed by atoms with Gasteiger partial charge in [0.15, 0.2) is 0 Å². The van der Waals surface area contributed by atoms with E-state index < -0.39 is 0 Å². The number of amides is 2. The Morgan fingerprint density at radius 3 is 2.55 bits per heavy atom. The van der Waals surface area contributed by atoms with Crippen molar-refractivity contribution in [1.29, 1.82) is 0 Å². The minimum atomic E-state index is -0.327. The molecule has 0 saturated carbocycles. The fraction of sp³-hybridized carbons (Fsp3) is 0.200. The maximum atomic E-state index is 12.8. The van der Waals surface area contributed by atoms with Crippen molar-refractivity contribution in [2.75, 3.05) is 11.4 Å². The molecule has 1 aliphatic rings. The molecule has 3 aromatic rings. The van der Waals surface area contributed by atoms with Gasteiger partial charge in [-0.05, 0) is 41.3 Å². The molecule has 4 rings (SSSR count). The Labute approximate surface area is 171 Å². The Kier molecular flexibility index (Phi) is 5.43. The zero-order valence-electron chi connectivity index (χ0n) is 16.5. The third-order valence-electron chi connectivity index (χ3n) is 5.36. The van der Waals surface area contributed by atoms with E-state index in [-0.39, 0.29) is 24.2 Å². The number of hydrogen-bond donors (Lipinski definition) is 1. The number of benzene rings is 3. The molecule has 0 radical (unpaired) electrons. The summed E-state index contributed by atoms with van der Waals surface area (Å²) < 4.78 is 0. The molecule has 1 heterocycles. The van der Waals surface area contributed by atoms with Crippen molar-refractivity contribution in [3.05, 3.63) is 90.0 Å². The Morgan fingerprint density at radius 1 is 1.00 bits per heavy atom. The van der Waals surface area contributed by atoms with Crippen LogP contribution in [0, 0.1) is 12.8 Å². The van der Waals surface area contributed by atoms with Crippen molar-refractivity contribution in [2.24, 2.45) is 5.92 Å². The molecular formula is C25H24N2O2. The van der Waals surface area contributed by atoms with Gasteiger partial charge in [0, 0.05) is 25.2 Å². The van der Waals surface area contributed by atoms with E-state index in [1.165, 1.54) is 0 Å². The molecule has 0 bridgehead atoms. The average molecular weight is 384 g/mol. The van der Waals surface area contributed by atoms with Gasteiger partial charge in [-0.3, -0.25) is 9.59 Å². The number of aryl methyl sites for hydroxylation is 1. The molecule has 4 heteroatoms. The quantitative estimate of drug-likeness (QED) is 0.712. The number of carbonyl (C=O) groups excluding carboxylic acids is 2. The van der Waals surface area contributed by atoms with Crippen molar-refractivity contribution in [2.45, 2.75) is 19.9 Å². The van der Waals surface area contributed by atoms with Crippen LogP contribution in [0.15, 0.2) is 78.9 Å². The molecule has 0 aliphatic carbocycles. The molecule has 1 N–H and O–H groups in total. The van der Waals surface area contributed by atoms with E-state index in [1.54, 1.807) is 4.90 Å². The Hall–Kier alpha value is -3.40. The maximum Gasteiger partial charge on any atom is 0.227 e. The van der Waals surface area contributed by atoms with Gasteiger partial charge in [0.2, 0.25) is 11.8 Å². The highest BCUT2D eigenvalue weighted by Gasteiger charge is 2.35. The molecule has 3 aromatic carbocycles. The van der Waals surface area contributed by atoms with Gasteiger partial charge in [-0.15, -0.1) is 0 Å². The van der Waals surface area contributed by atoms with Gasteiger partial charge >= 0.3 is 0 Å². The molecule has 29 heavy (non-hydrogen) atoms. The second-order valence-electron chi connectivity index (χ2n) is 7.49. The maximum absolute atomic E-state index is 12.8. The number of carbonyl (C=O) groups is 2. The van der Waals surface area contributed by atoms with Gasteiger partial charge in [-0.2, -0.15) is 0 Å². The van der Waals surface area contributed by atoms with Crippen LogP contribution < -0.4 is 10.2 Å². The van der Waals surface area contributed by atoms with E-state index in [9.17, 15) is 9.59 Å². The smallest absolute Gasteiger partial charge is 0.227 e. The minimum absolute atomic E-state index is 0.000403. The van der Waals surface area contributed by atoms with Gasteiger partial charge in [0.25, 0.3) is 0 Å². The number of anilines is 1. The predicted octanol–water partition coefficient (Wildman–Crippen LogP) is 4.33. The molecule has 2 amide bonds. The lowest BCUT2D eigenvalue weighted by atomic mass is 9.99. The van der Waals surface area contributed by atoms with Crippen molar-refractivity contribution in [3.63, 3.8) is 0 Å². The molecule has 1 fully saturated rings. The third-order valence-corrected chi connectivity index (χ3v) is 5.36. The van der Waals surface area contributed by atoms with E-state index in [0.29, 0.717) is 13.1 Å². The fourth-order valence-electron chi connectivity index (χ4n) is 3.83. The molecule has 1 saturated heterocycles. The zero-order valence-corrected chi connectivity index (χ0v) is 16.5. The number of rotatable bonds is 5. The lowest BCUT2D eigenvalue weighted by molar-refractivity contribution is -0.126. The second-order valence-corrected chi connectivity index (χ2v) is 7.49. The van der Waals surface area contributed by atoms with Crippen molar-refractivity contribution in [1.82, 2.24) is 5.32 Å². The topological polar surface area (TPSA) is 49.4 Å². The summed E-state index contributed by atoms with van der Waals surface area (Å²) in [5, 5.41) is 3.04. The van der Waals surface area contributed by atoms with Crippen LogP contribution in [0.3, 0.4) is 0 Å². The van der Waals surface area contributed by atoms with Crippen LogP contribution in [0.1, 0.15) is 17.5 Å². The normalized spacial score (nSPS) is 16.1. The summed E-state index contributed by atoms with van der Waals surface area (Å²) in [6.07, 6.45) is 0.250. The minimum Gasteiger partial charge on any atom is -0.352 e. The van der Waals surface area contributed by atoms with Crippen LogP contribution in [0.4, 0.5) is 5.69 Å². The third kappa shape index (κ3) is 4.21. The number of nitrogens with one attached hydrogen (secondary N) is 1. The van der Waals surface area contributed by atoms with Crippen LogP contribution in [0.25, 0.3) is 11.1 Å². The van der Waals surface area contributed by atoms with Crippen LogP contribution in [-0.2, 0) is 16.1 Å². The summed E-state index contributed by atoms with van der Waals surface area (Å²) in [5.74, 6) is -0.399. The van der Waals surface area contributed by atoms with Gasteiger partial charge in [0.05, 0.1) is 5.92 Å². The zero-order chi connectivity index (χ0) is 20.2. The summed E-state index contributed by atoms with van der Waals surface area (Å²) in [7, 11) is 0. The number of hydrogen-bond acceptors (Lipinski definition) is 2. The van der Waals surface area contributed by atoms with Crippen molar-refractivity contribution >= 4 is 17.5 Å². The second kappa shape index (κ2) is 8.31. The lowest BCUT2D eigenvalue weighted by Gasteiger charge is -2.17. The largest absolute Gasteiger partial charge is 0.352 e. The molecule has 0 spiro atoms. The van der Waals surface area contributed by atoms with Crippen LogP contribution in [-0.4, -0.2) is 18.4 Å². The van der Waals surface area contributed by atoms with Crippen LogP contribution in [0.2, 0.25) is 0 Å². The first kappa shape index (κ1) is 18.9. The Bertz CT molecular complexity index is 1030. The van der Waals surface area contributed by atoms with Gasteiger partial charge in [0.1, 0.15) is 0 Å². The van der Waals surface area contributed by atoms with Gasteiger partial charge in [-0.25, -0.2) is 0 Å². The number of nitrogens with zero attached hydrogens (tertiary/aromatic N) is 1. The van der Waals surface area contributed by atoms with E-state index in [0.717, 1.165) is 27.9 Å². The summed E-state index contributed by atoms with van der Waals surface area (Å²) in [6.45, 7) is 2.87. The van der Waals surface area contributed by atoms with Crippen molar-refractivity contribution < 1.29 is 9.59 Å². The Balaban J connectivity index is 1.43. The fourth-order valence-corrected chi connectivity index (χ4v) is 3.83. The van der Waals surface area contributed by atoms with E-state index in [2.05, 4.69) is 23.5 Å². The predicted molar refractivity (Wildman–Crippen MR) is 115 cm³/mol. The van der Waals surface area contributed by atoms with E-state index in [1.807, 2.05) is 67.6 Å². The summed E-state index contributed by atoms with van der Waals surface area (Å²) >= 11 is 0. The highest BCUT2D eigenvalue weighted by atomic mass is 16.2. The standard InChI is InChI=1S/C25H24N2O2/c1-18-8-7-12-22(14-18)27-17-21(15-24(27)28)25(29)26-16-20-11-5-6-13-23(20)19-9-3-2-4-10-19/h2-14,21H,15-17H2,1H3,(H,26,29)/t21-/m1/s1. The molecule has 4 nitrogen and oxygen atoms in total. The molecule has 1 atom stereocenters. The van der Waals surface area contributed by atoms with Crippen molar-refractivity contribution in [3.8, 4) is 11.1 Å². The molecule has 0 aromatic heterocycles. The summed E-state index contributed by atoms with van der Waals surface area (Å²) in [6, 6.07) is 26.0. The Morgan fingerprint density at radius 2 is 1.76 bits per heavy atom. The molecule has 146 valence electrons. The molecule has 1 aliphatic heterocycles. The van der Waals surface area contributed by atoms with E-state index in [4.69, 9.17) is 0 Å². The first-order chi connectivity index (χ1) is 14.1. The van der Waals surface area contributed by atoms with Crippen LogP contribution in [0.5, 0.6) is 0 Å². The summed E-state index contributed by atoms with van der Waals surface area (Å²) in [4.78, 5) is 26.9. The SMILES string of the molecule is Cc1cccc(N2C[C@H](C(=O)NCc3ccccc3-c3ccccc3)CC2=O)c1. The highest BCUT2D eigenvalue weighted by molar-refractivity contribution is 6.00. The molecular weight excluding hydrogens is 360 g/mol. The monoisotopic (exact) mass is 384 g/mol. The lowest BCUT2D eigenvalue weighted by Crippen LogP contribution is -2.32. The highest BCUT2D eigenvalue weighted by Crippen LogP contribution is 2.27. The van der Waals surface area contributed by atoms with Gasteiger partial charge in [-0.1, -0.05) is 66.7 Å². The average Bonchev–Trinajstić information content (AvgIpc) is 3.15. The van der Waals surface area contributed by atoms with Gasteiger partial charge < -0.3 is 10.2 Å². The van der Waals surface area contributed by atoms with E-state index >= 15 is 0 Å².